The zero-order chi connectivity index (χ0) is 9.52. The molecule has 13 heavy (non-hydrogen) atoms. The van der Waals surface area contributed by atoms with Gasteiger partial charge in [-0.15, -0.1) is 0 Å². The molecule has 0 amide bonds. The van der Waals surface area contributed by atoms with Crippen LogP contribution in [-0.2, 0) is 13.1 Å². The molecule has 2 heteroatoms. The van der Waals surface area contributed by atoms with E-state index in [2.05, 4.69) is 34.8 Å². The molecule has 0 aliphatic carbocycles. The van der Waals surface area contributed by atoms with E-state index in [1.807, 2.05) is 0 Å². The molecule has 0 aliphatic heterocycles. The average Bonchev–Trinajstić information content (AvgIpc) is 2.59. The molecule has 0 spiro atoms. The van der Waals surface area contributed by atoms with Gasteiger partial charge in [-0.3, -0.25) is 0 Å². The van der Waals surface area contributed by atoms with Crippen molar-refractivity contribution >= 4 is 0 Å². The summed E-state index contributed by atoms with van der Waals surface area (Å²) in [5.74, 6) is 0. The summed E-state index contributed by atoms with van der Waals surface area (Å²) in [5.41, 5.74) is 0. The van der Waals surface area contributed by atoms with Crippen LogP contribution in [0.5, 0.6) is 0 Å². The molecular weight excluding hydrogens is 160 g/mol. The Balaban J connectivity index is 2.34. The predicted molar refractivity (Wildman–Crippen MR) is 53.1 cm³/mol. The minimum Gasteiger partial charge on any atom is -0.237 e. The first kappa shape index (κ1) is 10.3. The molecule has 0 unspecified atom stereocenters. The third-order valence-electron chi connectivity index (χ3n) is 2.14. The van der Waals surface area contributed by atoms with E-state index < -0.39 is 0 Å². The van der Waals surface area contributed by atoms with E-state index in [-0.39, 0.29) is 0 Å². The zero-order valence-corrected chi connectivity index (χ0v) is 8.45. The van der Waals surface area contributed by atoms with Crippen LogP contribution in [0.3, 0.4) is 0 Å². The standard InChI is InChI=1S/C11H19N2/c1-3-5-7-12-9-10-13(11-12)8-6-4-2/h1,9-11H,3-8H2,2H3/q+1. The molecule has 0 saturated carbocycles. The quantitative estimate of drug-likeness (QED) is 0.591. The Kier molecular flexibility index (Phi) is 4.58. The van der Waals surface area contributed by atoms with Crippen molar-refractivity contribution in [2.75, 3.05) is 0 Å². The Morgan fingerprint density at radius 3 is 2.92 bits per heavy atom. The first-order valence-corrected chi connectivity index (χ1v) is 5.11. The second-order valence-corrected chi connectivity index (χ2v) is 3.39. The van der Waals surface area contributed by atoms with Crippen molar-refractivity contribution in [2.24, 2.45) is 0 Å². The molecule has 0 atom stereocenters. The maximum absolute atomic E-state index is 5.44. The van der Waals surface area contributed by atoms with Gasteiger partial charge in [0.05, 0.1) is 13.1 Å². The number of hydrogen-bond donors (Lipinski definition) is 0. The molecular formula is C11H19N2+. The highest BCUT2D eigenvalue weighted by Gasteiger charge is 2.01. The first-order valence-electron chi connectivity index (χ1n) is 5.11. The topological polar surface area (TPSA) is 8.81 Å². The lowest BCUT2D eigenvalue weighted by Gasteiger charge is -1.93. The van der Waals surface area contributed by atoms with Gasteiger partial charge in [0.1, 0.15) is 12.4 Å². The smallest absolute Gasteiger partial charge is 0.237 e. The van der Waals surface area contributed by atoms with Gasteiger partial charge in [-0.1, -0.05) is 13.3 Å². The number of rotatable bonds is 6. The van der Waals surface area contributed by atoms with Crippen LogP contribution in [0, 0.1) is 6.92 Å². The number of aryl methyl sites for hydroxylation is 2. The summed E-state index contributed by atoms with van der Waals surface area (Å²) in [6, 6.07) is 0. The van der Waals surface area contributed by atoms with Gasteiger partial charge in [-0.2, -0.15) is 0 Å². The molecule has 1 heterocycles. The second-order valence-electron chi connectivity index (χ2n) is 3.39. The fourth-order valence-corrected chi connectivity index (χ4v) is 1.32. The van der Waals surface area contributed by atoms with E-state index in [0.717, 1.165) is 25.9 Å². The third-order valence-corrected chi connectivity index (χ3v) is 2.14. The van der Waals surface area contributed by atoms with Crippen LogP contribution in [0.2, 0.25) is 0 Å². The lowest BCUT2D eigenvalue weighted by atomic mass is 10.3. The molecule has 0 bridgehead atoms. The van der Waals surface area contributed by atoms with E-state index in [9.17, 15) is 0 Å². The molecule has 0 aliphatic rings. The molecule has 1 aromatic rings. The molecule has 1 rings (SSSR count). The molecule has 72 valence electrons. The summed E-state index contributed by atoms with van der Waals surface area (Å²) in [6.07, 6.45) is 10.7. The SMILES string of the molecule is [CH]CCCn1cc[n+](CCCC)c1. The Bertz CT molecular complexity index is 205. The van der Waals surface area contributed by atoms with E-state index in [1.54, 1.807) is 0 Å². The maximum Gasteiger partial charge on any atom is 0.243 e. The highest BCUT2D eigenvalue weighted by molar-refractivity contribution is 4.66. The van der Waals surface area contributed by atoms with Gasteiger partial charge in [-0.25, -0.2) is 9.13 Å². The van der Waals surface area contributed by atoms with Crippen LogP contribution in [-0.4, -0.2) is 4.57 Å². The van der Waals surface area contributed by atoms with E-state index >= 15 is 0 Å². The minimum atomic E-state index is 0.771. The zero-order valence-electron chi connectivity index (χ0n) is 8.45. The fourth-order valence-electron chi connectivity index (χ4n) is 1.32. The highest BCUT2D eigenvalue weighted by atomic mass is 15.1. The van der Waals surface area contributed by atoms with Crippen molar-refractivity contribution < 1.29 is 4.57 Å². The summed E-state index contributed by atoms with van der Waals surface area (Å²) in [5, 5.41) is 0. The Labute approximate surface area is 81.2 Å². The van der Waals surface area contributed by atoms with Gasteiger partial charge in [0, 0.05) is 0 Å². The van der Waals surface area contributed by atoms with Gasteiger partial charge >= 0.3 is 0 Å². The van der Waals surface area contributed by atoms with Crippen LogP contribution in [0.1, 0.15) is 32.6 Å². The van der Waals surface area contributed by atoms with Crippen LogP contribution >= 0.6 is 0 Å². The predicted octanol–water partition coefficient (Wildman–Crippen LogP) is 2.07. The summed E-state index contributed by atoms with van der Waals surface area (Å²) < 4.78 is 4.43. The van der Waals surface area contributed by atoms with Crippen LogP contribution < -0.4 is 4.57 Å². The lowest BCUT2D eigenvalue weighted by Crippen LogP contribution is -2.30. The molecule has 0 N–H and O–H groups in total. The van der Waals surface area contributed by atoms with Gasteiger partial charge < -0.3 is 0 Å². The third kappa shape index (κ3) is 3.62. The summed E-state index contributed by atoms with van der Waals surface area (Å²) in [4.78, 5) is 0. The van der Waals surface area contributed by atoms with Crippen molar-refractivity contribution in [3.8, 4) is 0 Å². The molecule has 1 aromatic heterocycles. The number of aromatic nitrogens is 2. The average molecular weight is 179 g/mol. The highest BCUT2D eigenvalue weighted by Crippen LogP contribution is 1.93. The Morgan fingerprint density at radius 2 is 2.23 bits per heavy atom. The molecule has 2 nitrogen and oxygen atoms in total. The maximum atomic E-state index is 5.44. The van der Waals surface area contributed by atoms with E-state index in [4.69, 9.17) is 6.92 Å². The fraction of sp³-hybridized carbons (Fsp3) is 0.636. The molecule has 0 fully saturated rings. The van der Waals surface area contributed by atoms with Gasteiger partial charge in [0.25, 0.3) is 0 Å². The van der Waals surface area contributed by atoms with Crippen molar-refractivity contribution in [1.82, 2.24) is 4.57 Å². The number of hydrogen-bond acceptors (Lipinski definition) is 0. The van der Waals surface area contributed by atoms with Crippen molar-refractivity contribution in [2.45, 2.75) is 45.7 Å². The molecule has 2 radical (unpaired) electrons. The molecule has 0 saturated heterocycles. The summed E-state index contributed by atoms with van der Waals surface area (Å²) in [6.45, 7) is 9.83. The van der Waals surface area contributed by atoms with Crippen molar-refractivity contribution in [3.63, 3.8) is 0 Å². The van der Waals surface area contributed by atoms with Crippen molar-refractivity contribution in [1.29, 1.82) is 0 Å². The Morgan fingerprint density at radius 1 is 1.38 bits per heavy atom. The molecule has 0 aromatic carbocycles. The van der Waals surface area contributed by atoms with Crippen molar-refractivity contribution in [3.05, 3.63) is 25.6 Å². The largest absolute Gasteiger partial charge is 0.243 e. The monoisotopic (exact) mass is 179 g/mol. The summed E-state index contributed by atoms with van der Waals surface area (Å²) in [7, 11) is 0. The first-order chi connectivity index (χ1) is 6.36. The summed E-state index contributed by atoms with van der Waals surface area (Å²) >= 11 is 0. The van der Waals surface area contributed by atoms with Crippen LogP contribution in [0.15, 0.2) is 18.7 Å². The number of unbranched alkanes of at least 4 members (excludes halogenated alkanes) is 2. The number of nitrogens with zero attached hydrogens (tertiary/aromatic N) is 2. The van der Waals surface area contributed by atoms with E-state index in [1.165, 1.54) is 12.8 Å². The van der Waals surface area contributed by atoms with Crippen LogP contribution in [0.25, 0.3) is 0 Å². The minimum absolute atomic E-state index is 0.771. The Hall–Kier alpha value is -0.790. The van der Waals surface area contributed by atoms with E-state index in [0.29, 0.717) is 0 Å². The normalized spacial score (nSPS) is 10.6. The number of imidazole rings is 1. The van der Waals surface area contributed by atoms with Crippen LogP contribution in [0.4, 0.5) is 0 Å². The second kappa shape index (κ2) is 5.79. The lowest BCUT2D eigenvalue weighted by molar-refractivity contribution is -0.696. The van der Waals surface area contributed by atoms with Gasteiger partial charge in [-0.05, 0) is 26.2 Å². The van der Waals surface area contributed by atoms with Gasteiger partial charge in [0.2, 0.25) is 6.33 Å². The van der Waals surface area contributed by atoms with Gasteiger partial charge in [0.15, 0.2) is 0 Å².